The van der Waals surface area contributed by atoms with E-state index in [1.807, 2.05) is 19.2 Å². The summed E-state index contributed by atoms with van der Waals surface area (Å²) in [6.45, 7) is 0.792. The Morgan fingerprint density at radius 2 is 2.67 bits per heavy atom. The SMILES string of the molecule is CNCc1[c]cccn1. The summed E-state index contributed by atoms with van der Waals surface area (Å²) in [6, 6.07) is 6.72. The normalized spacial score (nSPS) is 9.44. The summed E-state index contributed by atoms with van der Waals surface area (Å²) in [5, 5.41) is 2.99. The van der Waals surface area contributed by atoms with Crippen LogP contribution in [-0.2, 0) is 6.54 Å². The van der Waals surface area contributed by atoms with Gasteiger partial charge in [-0.15, -0.1) is 0 Å². The van der Waals surface area contributed by atoms with Crippen LogP contribution in [0.15, 0.2) is 18.3 Å². The highest BCUT2D eigenvalue weighted by Crippen LogP contribution is 1.88. The molecule has 0 saturated carbocycles. The second-order valence-electron chi connectivity index (χ2n) is 1.76. The lowest BCUT2D eigenvalue weighted by Gasteiger charge is -1.94. The summed E-state index contributed by atoms with van der Waals surface area (Å²) in [6.07, 6.45) is 1.77. The molecule has 9 heavy (non-hydrogen) atoms. The molecule has 0 bridgehead atoms. The molecule has 2 heteroatoms. The molecule has 0 atom stereocenters. The standard InChI is InChI=1S/C7H9N2/c1-8-6-7-4-2-3-5-9-7/h2-3,5,8H,6H2,1H3. The molecule has 47 valence electrons. The average Bonchev–Trinajstić information content (AvgIpc) is 1.91. The zero-order chi connectivity index (χ0) is 6.53. The van der Waals surface area contributed by atoms with E-state index >= 15 is 0 Å². The Labute approximate surface area is 54.9 Å². The lowest BCUT2D eigenvalue weighted by Crippen LogP contribution is -2.06. The van der Waals surface area contributed by atoms with Gasteiger partial charge in [-0.25, -0.2) is 0 Å². The Kier molecular flexibility index (Phi) is 2.22. The van der Waals surface area contributed by atoms with Gasteiger partial charge in [-0.3, -0.25) is 4.98 Å². The fourth-order valence-electron chi connectivity index (χ4n) is 0.622. The van der Waals surface area contributed by atoms with Gasteiger partial charge >= 0.3 is 0 Å². The molecule has 0 aliphatic rings. The Hall–Kier alpha value is -0.890. The third-order valence-corrected chi connectivity index (χ3v) is 1.01. The number of hydrogen-bond donors (Lipinski definition) is 1. The fourth-order valence-corrected chi connectivity index (χ4v) is 0.622. The van der Waals surface area contributed by atoms with E-state index in [0.29, 0.717) is 0 Å². The molecule has 1 N–H and O–H groups in total. The van der Waals surface area contributed by atoms with Crippen molar-refractivity contribution in [3.05, 3.63) is 30.1 Å². The van der Waals surface area contributed by atoms with Gasteiger partial charge in [0.15, 0.2) is 0 Å². The van der Waals surface area contributed by atoms with E-state index in [9.17, 15) is 0 Å². The molecular formula is C7H9N2. The molecule has 1 aromatic heterocycles. The number of aromatic nitrogens is 1. The van der Waals surface area contributed by atoms with Gasteiger partial charge in [-0.1, -0.05) is 6.07 Å². The summed E-state index contributed by atoms with van der Waals surface area (Å²) in [4.78, 5) is 4.05. The summed E-state index contributed by atoms with van der Waals surface area (Å²) in [5.41, 5.74) is 0.958. The maximum atomic E-state index is 4.05. The lowest BCUT2D eigenvalue weighted by atomic mass is 10.3. The van der Waals surface area contributed by atoms with Crippen molar-refractivity contribution in [2.75, 3.05) is 7.05 Å². The molecule has 0 spiro atoms. The van der Waals surface area contributed by atoms with Crippen molar-refractivity contribution in [2.45, 2.75) is 6.54 Å². The van der Waals surface area contributed by atoms with Gasteiger partial charge < -0.3 is 5.32 Å². The van der Waals surface area contributed by atoms with Crippen LogP contribution in [-0.4, -0.2) is 12.0 Å². The van der Waals surface area contributed by atoms with Gasteiger partial charge in [0.1, 0.15) is 0 Å². The molecule has 0 aliphatic heterocycles. The topological polar surface area (TPSA) is 24.9 Å². The van der Waals surface area contributed by atoms with E-state index in [1.165, 1.54) is 0 Å². The second kappa shape index (κ2) is 3.20. The van der Waals surface area contributed by atoms with Gasteiger partial charge in [0, 0.05) is 18.8 Å². The number of pyridine rings is 1. The first-order valence-electron chi connectivity index (χ1n) is 2.89. The first-order valence-corrected chi connectivity index (χ1v) is 2.89. The summed E-state index contributed by atoms with van der Waals surface area (Å²) < 4.78 is 0. The van der Waals surface area contributed by atoms with Crippen LogP contribution in [0.4, 0.5) is 0 Å². The lowest BCUT2D eigenvalue weighted by molar-refractivity contribution is 0.790. The third kappa shape index (κ3) is 1.82. The predicted octanol–water partition coefficient (Wildman–Crippen LogP) is 0.601. The van der Waals surface area contributed by atoms with Crippen LogP contribution in [0.5, 0.6) is 0 Å². The predicted molar refractivity (Wildman–Crippen MR) is 35.8 cm³/mol. The van der Waals surface area contributed by atoms with Gasteiger partial charge in [-0.2, -0.15) is 0 Å². The molecular weight excluding hydrogens is 112 g/mol. The Morgan fingerprint density at radius 1 is 1.78 bits per heavy atom. The zero-order valence-corrected chi connectivity index (χ0v) is 5.39. The third-order valence-electron chi connectivity index (χ3n) is 1.01. The van der Waals surface area contributed by atoms with Crippen molar-refractivity contribution in [1.29, 1.82) is 0 Å². The Morgan fingerprint density at radius 3 is 3.22 bits per heavy atom. The van der Waals surface area contributed by atoms with E-state index in [1.54, 1.807) is 6.20 Å². The monoisotopic (exact) mass is 121 g/mol. The number of rotatable bonds is 2. The summed E-state index contributed by atoms with van der Waals surface area (Å²) in [5.74, 6) is 0. The van der Waals surface area contributed by atoms with E-state index in [2.05, 4.69) is 16.4 Å². The second-order valence-corrected chi connectivity index (χ2v) is 1.76. The number of hydrogen-bond acceptors (Lipinski definition) is 2. The highest BCUT2D eigenvalue weighted by molar-refractivity contribution is 5.00. The molecule has 0 aliphatic carbocycles. The molecule has 0 aromatic carbocycles. The van der Waals surface area contributed by atoms with E-state index in [4.69, 9.17) is 0 Å². The van der Waals surface area contributed by atoms with Crippen LogP contribution in [0.1, 0.15) is 5.69 Å². The summed E-state index contributed by atoms with van der Waals surface area (Å²) in [7, 11) is 1.89. The Bertz CT molecular complexity index is 160. The highest BCUT2D eigenvalue weighted by Gasteiger charge is 1.86. The fraction of sp³-hybridized carbons (Fsp3) is 0.286. The maximum Gasteiger partial charge on any atom is 0.0620 e. The van der Waals surface area contributed by atoms with Crippen LogP contribution in [0.2, 0.25) is 0 Å². The average molecular weight is 121 g/mol. The quantitative estimate of drug-likeness (QED) is 0.619. The molecule has 0 amide bonds. The van der Waals surface area contributed by atoms with Crippen molar-refractivity contribution < 1.29 is 0 Å². The molecule has 0 fully saturated rings. The molecule has 0 unspecified atom stereocenters. The van der Waals surface area contributed by atoms with Crippen molar-refractivity contribution >= 4 is 0 Å². The maximum absolute atomic E-state index is 4.05. The summed E-state index contributed by atoms with van der Waals surface area (Å²) >= 11 is 0. The molecule has 1 heterocycles. The number of nitrogens with one attached hydrogen (secondary N) is 1. The zero-order valence-electron chi connectivity index (χ0n) is 5.39. The minimum absolute atomic E-state index is 0.792. The first kappa shape index (κ1) is 6.23. The highest BCUT2D eigenvalue weighted by atomic mass is 14.8. The Balaban J connectivity index is 2.61. The van der Waals surface area contributed by atoms with E-state index in [-0.39, 0.29) is 0 Å². The smallest absolute Gasteiger partial charge is 0.0620 e. The van der Waals surface area contributed by atoms with E-state index < -0.39 is 0 Å². The largest absolute Gasteiger partial charge is 0.314 e. The van der Waals surface area contributed by atoms with E-state index in [0.717, 1.165) is 12.2 Å². The first-order chi connectivity index (χ1) is 4.43. The van der Waals surface area contributed by atoms with Gasteiger partial charge in [0.2, 0.25) is 0 Å². The van der Waals surface area contributed by atoms with Crippen molar-refractivity contribution in [3.8, 4) is 0 Å². The molecule has 2 nitrogen and oxygen atoms in total. The van der Waals surface area contributed by atoms with Crippen molar-refractivity contribution in [3.63, 3.8) is 0 Å². The van der Waals surface area contributed by atoms with Crippen LogP contribution in [0, 0.1) is 6.07 Å². The van der Waals surface area contributed by atoms with Crippen molar-refractivity contribution in [2.24, 2.45) is 0 Å². The molecule has 1 radical (unpaired) electrons. The molecule has 1 rings (SSSR count). The molecule has 1 aromatic rings. The van der Waals surface area contributed by atoms with Gasteiger partial charge in [-0.05, 0) is 13.1 Å². The minimum Gasteiger partial charge on any atom is -0.314 e. The van der Waals surface area contributed by atoms with Crippen molar-refractivity contribution in [1.82, 2.24) is 10.3 Å². The van der Waals surface area contributed by atoms with Crippen LogP contribution in [0.25, 0.3) is 0 Å². The number of nitrogens with zero attached hydrogens (tertiary/aromatic N) is 1. The van der Waals surface area contributed by atoms with Crippen LogP contribution in [0.3, 0.4) is 0 Å². The molecule has 0 saturated heterocycles. The van der Waals surface area contributed by atoms with Crippen LogP contribution >= 0.6 is 0 Å². The van der Waals surface area contributed by atoms with Gasteiger partial charge in [0.25, 0.3) is 0 Å². The van der Waals surface area contributed by atoms with Crippen LogP contribution < -0.4 is 5.32 Å². The minimum atomic E-state index is 0.792. The van der Waals surface area contributed by atoms with Gasteiger partial charge in [0.05, 0.1) is 5.69 Å².